The normalized spacial score (nSPS) is 18.1. The largest absolute Gasteiger partial charge is 0.497 e. The molecule has 0 N–H and O–H groups in total. The van der Waals surface area contributed by atoms with Crippen molar-refractivity contribution in [2.24, 2.45) is 0 Å². The zero-order valence-electron chi connectivity index (χ0n) is 18.5. The van der Waals surface area contributed by atoms with Crippen LogP contribution < -0.4 is 9.47 Å². The topological polar surface area (TPSA) is 18.5 Å². The smallest absolute Gasteiger partial charge is 0.118 e. The highest BCUT2D eigenvalue weighted by molar-refractivity contribution is 5.83. The van der Waals surface area contributed by atoms with Gasteiger partial charge in [0.15, 0.2) is 0 Å². The molecule has 158 valence electrons. The number of methoxy groups -OCH3 is 2. The Hall–Kier alpha value is -3.52. The molecule has 0 saturated heterocycles. The Morgan fingerprint density at radius 1 is 0.531 bits per heavy atom. The molecule has 0 radical (unpaired) electrons. The van der Waals surface area contributed by atoms with E-state index in [9.17, 15) is 0 Å². The molecule has 4 aromatic carbocycles. The molecule has 32 heavy (non-hydrogen) atoms. The van der Waals surface area contributed by atoms with Gasteiger partial charge in [0.05, 0.1) is 14.2 Å². The second-order valence-electron chi connectivity index (χ2n) is 8.82. The lowest BCUT2D eigenvalue weighted by molar-refractivity contribution is 0.414. The maximum Gasteiger partial charge on any atom is 0.118 e. The molecule has 0 spiro atoms. The highest BCUT2D eigenvalue weighted by atomic mass is 16.5. The van der Waals surface area contributed by atoms with Crippen LogP contribution in [-0.4, -0.2) is 14.2 Å². The van der Waals surface area contributed by atoms with E-state index < -0.39 is 0 Å². The first-order chi connectivity index (χ1) is 15.8. The molecule has 2 atom stereocenters. The molecule has 6 rings (SSSR count). The Balaban J connectivity index is 1.49. The summed E-state index contributed by atoms with van der Waals surface area (Å²) in [5.41, 5.74) is 11.5. The third-order valence-corrected chi connectivity index (χ3v) is 7.25. The summed E-state index contributed by atoms with van der Waals surface area (Å²) >= 11 is 0. The van der Waals surface area contributed by atoms with Crippen molar-refractivity contribution >= 4 is 0 Å². The zero-order valence-corrected chi connectivity index (χ0v) is 18.5. The molecule has 0 fully saturated rings. The maximum absolute atomic E-state index is 5.39. The molecule has 0 amide bonds. The summed E-state index contributed by atoms with van der Waals surface area (Å²) in [4.78, 5) is 0. The lowest BCUT2D eigenvalue weighted by atomic mass is 9.66. The first-order valence-corrected chi connectivity index (χ1v) is 11.3. The van der Waals surface area contributed by atoms with Crippen molar-refractivity contribution in [1.29, 1.82) is 0 Å². The standard InChI is InChI=1S/C30H26O2/c1-31-23-13-9-19(10-14-23)27-17-21-5-4-8-26-28(20-11-15-24(32-2)16-12-20)18-22-6-3-7-25(27)29(22)30(21)26/h3-16,27-28H,17-18H2,1-2H3. The summed E-state index contributed by atoms with van der Waals surface area (Å²) in [5, 5.41) is 0. The van der Waals surface area contributed by atoms with E-state index in [-0.39, 0.29) is 0 Å². The van der Waals surface area contributed by atoms with Crippen molar-refractivity contribution in [2.75, 3.05) is 14.2 Å². The van der Waals surface area contributed by atoms with Crippen LogP contribution in [0.15, 0.2) is 84.9 Å². The summed E-state index contributed by atoms with van der Waals surface area (Å²) in [7, 11) is 3.44. The number of rotatable bonds is 4. The first-order valence-electron chi connectivity index (χ1n) is 11.3. The van der Waals surface area contributed by atoms with Crippen LogP contribution in [0.1, 0.15) is 45.2 Å². The molecule has 0 aromatic heterocycles. The van der Waals surface area contributed by atoms with Crippen LogP contribution in [0, 0.1) is 0 Å². The molecule has 2 unspecified atom stereocenters. The van der Waals surface area contributed by atoms with Crippen molar-refractivity contribution in [3.8, 4) is 22.6 Å². The minimum absolute atomic E-state index is 0.371. The van der Waals surface area contributed by atoms with Gasteiger partial charge in [-0.25, -0.2) is 0 Å². The van der Waals surface area contributed by atoms with Gasteiger partial charge in [0.2, 0.25) is 0 Å². The summed E-state index contributed by atoms with van der Waals surface area (Å²) in [6, 6.07) is 31.0. The van der Waals surface area contributed by atoms with E-state index in [1.807, 2.05) is 0 Å². The van der Waals surface area contributed by atoms with E-state index in [4.69, 9.17) is 9.47 Å². The lowest BCUT2D eigenvalue weighted by Gasteiger charge is -2.37. The van der Waals surface area contributed by atoms with Gasteiger partial charge in [-0.1, -0.05) is 60.7 Å². The van der Waals surface area contributed by atoms with Gasteiger partial charge in [0, 0.05) is 11.8 Å². The van der Waals surface area contributed by atoms with Gasteiger partial charge < -0.3 is 9.47 Å². The van der Waals surface area contributed by atoms with Gasteiger partial charge in [-0.3, -0.25) is 0 Å². The summed E-state index contributed by atoms with van der Waals surface area (Å²) in [6.07, 6.45) is 2.06. The molecule has 0 saturated carbocycles. The molecule has 0 aliphatic heterocycles. The molecule has 0 bridgehead atoms. The molecule has 2 aliphatic carbocycles. The van der Waals surface area contributed by atoms with Crippen molar-refractivity contribution < 1.29 is 9.47 Å². The van der Waals surface area contributed by atoms with Gasteiger partial charge in [0.1, 0.15) is 11.5 Å². The van der Waals surface area contributed by atoms with Gasteiger partial charge in [-0.05, 0) is 81.6 Å². The third-order valence-electron chi connectivity index (χ3n) is 7.25. The highest BCUT2D eigenvalue weighted by Gasteiger charge is 2.35. The molecule has 2 heteroatoms. The zero-order chi connectivity index (χ0) is 21.7. The molecule has 2 nitrogen and oxygen atoms in total. The monoisotopic (exact) mass is 418 g/mol. The van der Waals surface area contributed by atoms with Crippen LogP contribution >= 0.6 is 0 Å². The SMILES string of the molecule is COc1ccc(C2Cc3cccc4c3-c3c(cccc32)CC4c2ccc(OC)cc2)cc1. The van der Waals surface area contributed by atoms with E-state index in [1.165, 1.54) is 44.5 Å². The quantitative estimate of drug-likeness (QED) is 0.365. The first kappa shape index (κ1) is 19.2. The van der Waals surface area contributed by atoms with Crippen LogP contribution in [0.2, 0.25) is 0 Å². The average molecular weight is 419 g/mol. The predicted molar refractivity (Wildman–Crippen MR) is 129 cm³/mol. The minimum atomic E-state index is 0.371. The molecule has 0 heterocycles. The van der Waals surface area contributed by atoms with E-state index in [0.717, 1.165) is 24.3 Å². The fraction of sp³-hybridized carbons (Fsp3) is 0.200. The molecular formula is C30H26O2. The second-order valence-corrected chi connectivity index (χ2v) is 8.82. The Bertz CT molecular complexity index is 1180. The second kappa shape index (κ2) is 7.56. The predicted octanol–water partition coefficient (Wildman–Crippen LogP) is 6.75. The number of hydrogen-bond acceptors (Lipinski definition) is 2. The van der Waals surface area contributed by atoms with E-state index in [0.29, 0.717) is 11.8 Å². The van der Waals surface area contributed by atoms with Gasteiger partial charge in [-0.2, -0.15) is 0 Å². The van der Waals surface area contributed by atoms with E-state index in [2.05, 4.69) is 84.9 Å². The molecule has 4 aromatic rings. The summed E-state index contributed by atoms with van der Waals surface area (Å²) < 4.78 is 10.8. The van der Waals surface area contributed by atoms with Crippen LogP contribution in [-0.2, 0) is 12.8 Å². The Kier molecular flexibility index (Phi) is 4.53. The fourth-order valence-corrected chi connectivity index (χ4v) is 5.70. The van der Waals surface area contributed by atoms with Crippen LogP contribution in [0.4, 0.5) is 0 Å². The Labute approximate surface area is 189 Å². The third kappa shape index (κ3) is 2.94. The minimum Gasteiger partial charge on any atom is -0.497 e. The summed E-state index contributed by atoms with van der Waals surface area (Å²) in [6.45, 7) is 0. The van der Waals surface area contributed by atoms with Crippen molar-refractivity contribution in [3.05, 3.63) is 118 Å². The average Bonchev–Trinajstić information content (AvgIpc) is 2.87. The van der Waals surface area contributed by atoms with Crippen molar-refractivity contribution in [2.45, 2.75) is 24.7 Å². The van der Waals surface area contributed by atoms with Crippen LogP contribution in [0.3, 0.4) is 0 Å². The van der Waals surface area contributed by atoms with Crippen molar-refractivity contribution in [1.82, 2.24) is 0 Å². The number of hydrogen-bond donors (Lipinski definition) is 0. The Morgan fingerprint density at radius 2 is 0.938 bits per heavy atom. The molecular weight excluding hydrogens is 392 g/mol. The number of benzene rings is 4. The summed E-state index contributed by atoms with van der Waals surface area (Å²) in [5.74, 6) is 2.56. The van der Waals surface area contributed by atoms with Crippen LogP contribution in [0.25, 0.3) is 11.1 Å². The maximum atomic E-state index is 5.39. The number of ether oxygens (including phenoxy) is 2. The van der Waals surface area contributed by atoms with E-state index >= 15 is 0 Å². The lowest BCUT2D eigenvalue weighted by Crippen LogP contribution is -2.21. The van der Waals surface area contributed by atoms with Crippen molar-refractivity contribution in [3.63, 3.8) is 0 Å². The van der Waals surface area contributed by atoms with E-state index in [1.54, 1.807) is 14.2 Å². The highest BCUT2D eigenvalue weighted by Crippen LogP contribution is 2.52. The van der Waals surface area contributed by atoms with Crippen LogP contribution in [0.5, 0.6) is 11.5 Å². The van der Waals surface area contributed by atoms with Gasteiger partial charge in [0.25, 0.3) is 0 Å². The molecule has 2 aliphatic rings. The van der Waals surface area contributed by atoms with Gasteiger partial charge in [-0.15, -0.1) is 0 Å². The van der Waals surface area contributed by atoms with Gasteiger partial charge >= 0.3 is 0 Å². The fourth-order valence-electron chi connectivity index (χ4n) is 5.70. The Morgan fingerprint density at radius 3 is 1.31 bits per heavy atom.